The maximum atomic E-state index is 11.8. The quantitative estimate of drug-likeness (QED) is 0.254. The highest BCUT2D eigenvalue weighted by Gasteiger charge is 2.21. The summed E-state index contributed by atoms with van der Waals surface area (Å²) in [4.78, 5) is 5.99. The Morgan fingerprint density at radius 1 is 1.14 bits per heavy atom. The number of hydrogen-bond acceptors (Lipinski definition) is 4. The molecule has 0 spiro atoms. The molecule has 3 N–H and O–H groups in total. The van der Waals surface area contributed by atoms with Crippen LogP contribution in [0.25, 0.3) is 0 Å². The van der Waals surface area contributed by atoms with Crippen LogP contribution in [-0.2, 0) is 27.7 Å². The maximum absolute atomic E-state index is 11.8. The lowest BCUT2D eigenvalue weighted by molar-refractivity contribution is 0.518. The minimum atomic E-state index is -3.29. The van der Waals surface area contributed by atoms with Gasteiger partial charge in [0.2, 0.25) is 10.0 Å². The SMILES string of the molecule is CCNC(=NCc1cccc(CS(=O)(=O)NC)c1)NCC(C)(C)c1cccs1.I. The monoisotopic (exact) mass is 550 g/mol. The summed E-state index contributed by atoms with van der Waals surface area (Å²) in [5.74, 6) is 0.717. The van der Waals surface area contributed by atoms with Crippen molar-refractivity contribution in [3.8, 4) is 0 Å². The van der Waals surface area contributed by atoms with E-state index in [1.54, 1.807) is 11.3 Å². The first-order valence-electron chi connectivity index (χ1n) is 9.31. The van der Waals surface area contributed by atoms with E-state index in [0.29, 0.717) is 6.54 Å². The largest absolute Gasteiger partial charge is 0.357 e. The average molecular weight is 551 g/mol. The fraction of sp³-hybridized carbons (Fsp3) is 0.450. The first-order chi connectivity index (χ1) is 13.3. The van der Waals surface area contributed by atoms with Crippen molar-refractivity contribution in [3.63, 3.8) is 0 Å². The summed E-state index contributed by atoms with van der Waals surface area (Å²) in [5.41, 5.74) is 1.73. The number of hydrogen-bond donors (Lipinski definition) is 3. The molecule has 2 aromatic rings. The molecule has 9 heteroatoms. The average Bonchev–Trinajstić information content (AvgIpc) is 3.20. The Morgan fingerprint density at radius 2 is 1.86 bits per heavy atom. The molecule has 1 heterocycles. The van der Waals surface area contributed by atoms with Crippen molar-refractivity contribution in [1.82, 2.24) is 15.4 Å². The van der Waals surface area contributed by atoms with E-state index in [1.807, 2.05) is 31.2 Å². The van der Waals surface area contributed by atoms with Crippen LogP contribution >= 0.6 is 35.3 Å². The lowest BCUT2D eigenvalue weighted by Gasteiger charge is -2.25. The van der Waals surface area contributed by atoms with Gasteiger partial charge in [-0.3, -0.25) is 0 Å². The fourth-order valence-electron chi connectivity index (χ4n) is 2.68. The van der Waals surface area contributed by atoms with Gasteiger partial charge in [-0.2, -0.15) is 0 Å². The topological polar surface area (TPSA) is 82.6 Å². The number of thiophene rings is 1. The summed E-state index contributed by atoms with van der Waals surface area (Å²) in [6.45, 7) is 8.46. The zero-order valence-corrected chi connectivity index (χ0v) is 21.3. The zero-order chi connectivity index (χ0) is 20.6. The summed E-state index contributed by atoms with van der Waals surface area (Å²) in [6, 6.07) is 11.7. The van der Waals surface area contributed by atoms with Gasteiger partial charge in [-0.1, -0.05) is 44.2 Å². The van der Waals surface area contributed by atoms with Crippen molar-refractivity contribution in [3.05, 3.63) is 57.8 Å². The van der Waals surface area contributed by atoms with Gasteiger partial charge in [0.1, 0.15) is 0 Å². The number of aliphatic imine (C=N–C) groups is 1. The van der Waals surface area contributed by atoms with E-state index < -0.39 is 10.0 Å². The van der Waals surface area contributed by atoms with E-state index in [-0.39, 0.29) is 35.1 Å². The van der Waals surface area contributed by atoms with Gasteiger partial charge in [0.05, 0.1) is 12.3 Å². The number of nitrogens with zero attached hydrogens (tertiary/aromatic N) is 1. The Balaban J connectivity index is 0.00000420. The molecular formula is C20H31IN4O2S2. The summed E-state index contributed by atoms with van der Waals surface area (Å²) in [5, 5.41) is 8.79. The van der Waals surface area contributed by atoms with Crippen LogP contribution in [0.1, 0.15) is 36.8 Å². The molecule has 0 amide bonds. The van der Waals surface area contributed by atoms with Crippen molar-refractivity contribution >= 4 is 51.3 Å². The predicted molar refractivity (Wildman–Crippen MR) is 134 cm³/mol. The fourth-order valence-corrected chi connectivity index (χ4v) is 4.29. The van der Waals surface area contributed by atoms with Crippen LogP contribution in [0.4, 0.5) is 0 Å². The van der Waals surface area contributed by atoms with Crippen LogP contribution in [0.3, 0.4) is 0 Å². The molecule has 0 aliphatic carbocycles. The molecule has 0 bridgehead atoms. The van der Waals surface area contributed by atoms with E-state index in [0.717, 1.165) is 30.2 Å². The van der Waals surface area contributed by atoms with Gasteiger partial charge in [-0.25, -0.2) is 18.1 Å². The smallest absolute Gasteiger partial charge is 0.215 e. The summed E-state index contributed by atoms with van der Waals surface area (Å²) < 4.78 is 25.8. The Hall–Kier alpha value is -1.17. The number of rotatable bonds is 9. The molecular weight excluding hydrogens is 519 g/mol. The van der Waals surface area contributed by atoms with Gasteiger partial charge in [0.15, 0.2) is 5.96 Å². The van der Waals surface area contributed by atoms with Gasteiger partial charge in [-0.15, -0.1) is 35.3 Å². The number of benzene rings is 1. The van der Waals surface area contributed by atoms with Crippen LogP contribution in [0.5, 0.6) is 0 Å². The summed E-state index contributed by atoms with van der Waals surface area (Å²) in [7, 11) is -1.86. The molecule has 0 atom stereocenters. The van der Waals surface area contributed by atoms with Gasteiger partial charge in [0, 0.05) is 23.4 Å². The molecule has 2 rings (SSSR count). The highest BCUT2D eigenvalue weighted by Crippen LogP contribution is 2.26. The number of sulfonamides is 1. The van der Waals surface area contributed by atoms with Gasteiger partial charge >= 0.3 is 0 Å². The highest BCUT2D eigenvalue weighted by molar-refractivity contribution is 14.0. The van der Waals surface area contributed by atoms with E-state index in [2.05, 4.69) is 51.7 Å². The van der Waals surface area contributed by atoms with Crippen LogP contribution in [0.15, 0.2) is 46.8 Å². The standard InChI is InChI=1S/C20H30N4O2S2.HI/c1-5-22-19(24-15-20(2,3)18-10-7-11-27-18)23-13-16-8-6-9-17(12-16)14-28(25,26)21-4;/h6-12,21H,5,13-15H2,1-4H3,(H2,22,23,24);1H. The third-order valence-corrected chi connectivity index (χ3v) is 6.88. The molecule has 29 heavy (non-hydrogen) atoms. The normalized spacial score (nSPS) is 12.3. The van der Waals surface area contributed by atoms with Crippen molar-refractivity contribution in [2.24, 2.45) is 4.99 Å². The van der Waals surface area contributed by atoms with Crippen LogP contribution in [-0.4, -0.2) is 34.5 Å². The molecule has 0 radical (unpaired) electrons. The lowest BCUT2D eigenvalue weighted by atomic mass is 9.91. The molecule has 0 saturated heterocycles. The highest BCUT2D eigenvalue weighted by atomic mass is 127. The minimum Gasteiger partial charge on any atom is -0.357 e. The third-order valence-electron chi connectivity index (χ3n) is 4.31. The second-order valence-electron chi connectivity index (χ2n) is 7.19. The number of halogens is 1. The van der Waals surface area contributed by atoms with Crippen molar-refractivity contribution in [1.29, 1.82) is 0 Å². The molecule has 1 aromatic heterocycles. The predicted octanol–water partition coefficient (Wildman–Crippen LogP) is 3.45. The van der Waals surface area contributed by atoms with Crippen LogP contribution in [0, 0.1) is 0 Å². The molecule has 1 aromatic carbocycles. The molecule has 0 aliphatic heterocycles. The first kappa shape index (κ1) is 25.9. The van der Waals surface area contributed by atoms with Crippen LogP contribution in [0.2, 0.25) is 0 Å². The molecule has 0 fully saturated rings. The Kier molecular flexibility index (Phi) is 10.6. The van der Waals surface area contributed by atoms with Gasteiger partial charge in [0.25, 0.3) is 0 Å². The van der Waals surface area contributed by atoms with Crippen molar-refractivity contribution in [2.75, 3.05) is 20.1 Å². The third kappa shape index (κ3) is 8.61. The number of guanidine groups is 1. The van der Waals surface area contributed by atoms with E-state index >= 15 is 0 Å². The van der Waals surface area contributed by atoms with Gasteiger partial charge < -0.3 is 10.6 Å². The Bertz CT molecular complexity index is 882. The molecule has 0 saturated carbocycles. The second-order valence-corrected chi connectivity index (χ2v) is 10.1. The Labute approximate surface area is 195 Å². The zero-order valence-electron chi connectivity index (χ0n) is 17.4. The molecule has 0 aliphatic rings. The van der Waals surface area contributed by atoms with Gasteiger partial charge in [-0.05, 0) is 36.5 Å². The maximum Gasteiger partial charge on any atom is 0.215 e. The minimum absolute atomic E-state index is 0. The first-order valence-corrected chi connectivity index (χ1v) is 11.8. The van der Waals surface area contributed by atoms with E-state index in [9.17, 15) is 8.42 Å². The molecule has 6 nitrogen and oxygen atoms in total. The molecule has 0 unspecified atom stereocenters. The summed E-state index contributed by atoms with van der Waals surface area (Å²) >= 11 is 1.76. The lowest BCUT2D eigenvalue weighted by Crippen LogP contribution is -2.43. The second kappa shape index (κ2) is 11.9. The van der Waals surface area contributed by atoms with E-state index in [1.165, 1.54) is 11.9 Å². The van der Waals surface area contributed by atoms with E-state index in [4.69, 9.17) is 0 Å². The van der Waals surface area contributed by atoms with Crippen LogP contribution < -0.4 is 15.4 Å². The summed E-state index contributed by atoms with van der Waals surface area (Å²) in [6.07, 6.45) is 0. The number of nitrogens with one attached hydrogen (secondary N) is 3. The Morgan fingerprint density at radius 3 is 2.48 bits per heavy atom. The molecule has 162 valence electrons. The van der Waals surface area contributed by atoms with Crippen molar-refractivity contribution < 1.29 is 8.42 Å². The van der Waals surface area contributed by atoms with Crippen molar-refractivity contribution in [2.45, 2.75) is 38.5 Å².